The van der Waals surface area contributed by atoms with Gasteiger partial charge < -0.3 is 0 Å². The average Bonchev–Trinajstić information content (AvgIpc) is 2.67. The van der Waals surface area contributed by atoms with Crippen LogP contribution in [0.15, 0.2) is 70.9 Å². The van der Waals surface area contributed by atoms with Crippen molar-refractivity contribution in [1.29, 1.82) is 0 Å². The smallest absolute Gasteiger partial charge is 0.267 e. The van der Waals surface area contributed by atoms with Crippen LogP contribution in [0, 0.1) is 13.8 Å². The van der Waals surface area contributed by atoms with E-state index in [2.05, 4.69) is 20.5 Å². The number of thioether (sulfide) groups is 1. The monoisotopic (exact) mass is 376 g/mol. The predicted molar refractivity (Wildman–Crippen MR) is 109 cm³/mol. The summed E-state index contributed by atoms with van der Waals surface area (Å²) in [6.45, 7) is 3.93. The molecule has 0 radical (unpaired) electrons. The predicted octanol–water partition coefficient (Wildman–Crippen LogP) is 4.15. The molecule has 3 rings (SSSR count). The molecule has 0 bridgehead atoms. The van der Waals surface area contributed by atoms with Crippen molar-refractivity contribution >= 4 is 23.9 Å². The Bertz CT molecular complexity index is 920. The molecule has 27 heavy (non-hydrogen) atoms. The molecule has 0 saturated heterocycles. The van der Waals surface area contributed by atoms with E-state index in [9.17, 15) is 4.79 Å². The minimum absolute atomic E-state index is 0.237. The van der Waals surface area contributed by atoms with E-state index in [4.69, 9.17) is 0 Å². The number of benzene rings is 2. The molecule has 1 amide bonds. The minimum Gasteiger partial charge on any atom is -0.267 e. The van der Waals surface area contributed by atoms with Crippen LogP contribution < -0.4 is 5.43 Å². The number of hydrogen-bond donors (Lipinski definition) is 1. The highest BCUT2D eigenvalue weighted by Gasteiger charge is 2.05. The van der Waals surface area contributed by atoms with Gasteiger partial charge in [0.1, 0.15) is 0 Å². The molecule has 1 heterocycles. The van der Waals surface area contributed by atoms with Crippen molar-refractivity contribution in [2.75, 3.05) is 0 Å². The maximum absolute atomic E-state index is 12.2. The van der Waals surface area contributed by atoms with E-state index in [0.29, 0.717) is 5.56 Å². The number of nitrogens with zero attached hydrogens (tertiary/aromatic N) is 3. The molecule has 6 heteroatoms. The molecule has 136 valence electrons. The number of amides is 1. The molecule has 0 atom stereocenters. The lowest BCUT2D eigenvalue weighted by molar-refractivity contribution is 0.0955. The molecule has 0 spiro atoms. The summed E-state index contributed by atoms with van der Waals surface area (Å²) in [6, 6.07) is 19.0. The quantitative estimate of drug-likeness (QED) is 0.304. The van der Waals surface area contributed by atoms with Crippen LogP contribution in [0.4, 0.5) is 0 Å². The second kappa shape index (κ2) is 9.09. The molecule has 0 saturated carbocycles. The molecule has 0 fully saturated rings. The summed E-state index contributed by atoms with van der Waals surface area (Å²) in [4.78, 5) is 21.0. The van der Waals surface area contributed by atoms with Gasteiger partial charge in [0.25, 0.3) is 5.91 Å². The molecule has 1 N–H and O–H groups in total. The van der Waals surface area contributed by atoms with Gasteiger partial charge >= 0.3 is 0 Å². The van der Waals surface area contributed by atoms with Gasteiger partial charge in [-0.05, 0) is 43.2 Å². The summed E-state index contributed by atoms with van der Waals surface area (Å²) < 4.78 is 0. The van der Waals surface area contributed by atoms with Crippen LogP contribution in [0.2, 0.25) is 0 Å². The van der Waals surface area contributed by atoms with Crippen molar-refractivity contribution < 1.29 is 4.79 Å². The average molecular weight is 376 g/mol. The van der Waals surface area contributed by atoms with Crippen LogP contribution in [0.1, 0.15) is 32.9 Å². The highest BCUT2D eigenvalue weighted by molar-refractivity contribution is 7.98. The number of aryl methyl sites for hydroxylation is 2. The van der Waals surface area contributed by atoms with Crippen LogP contribution in [-0.4, -0.2) is 22.1 Å². The van der Waals surface area contributed by atoms with Gasteiger partial charge in [0.05, 0.1) is 6.21 Å². The number of carbonyl (C=O) groups excluding carboxylic acids is 1. The van der Waals surface area contributed by atoms with Crippen molar-refractivity contribution in [3.8, 4) is 0 Å². The third kappa shape index (κ3) is 5.76. The van der Waals surface area contributed by atoms with Crippen molar-refractivity contribution in [1.82, 2.24) is 15.4 Å². The van der Waals surface area contributed by atoms with Crippen LogP contribution in [0.3, 0.4) is 0 Å². The summed E-state index contributed by atoms with van der Waals surface area (Å²) in [5.41, 5.74) is 7.07. The van der Waals surface area contributed by atoms with Gasteiger partial charge in [0.15, 0.2) is 5.16 Å². The molecule has 0 aliphatic rings. The Labute approximate surface area is 163 Å². The Balaban J connectivity index is 1.54. The lowest BCUT2D eigenvalue weighted by atomic mass is 10.1. The first kappa shape index (κ1) is 18.8. The van der Waals surface area contributed by atoms with Crippen LogP contribution in [0.25, 0.3) is 0 Å². The van der Waals surface area contributed by atoms with Crippen molar-refractivity contribution in [3.05, 3.63) is 88.7 Å². The maximum atomic E-state index is 12.2. The summed E-state index contributed by atoms with van der Waals surface area (Å²) in [5, 5.41) is 4.76. The summed E-state index contributed by atoms with van der Waals surface area (Å²) in [5.74, 6) is 0.510. The summed E-state index contributed by atoms with van der Waals surface area (Å²) in [7, 11) is 0. The van der Waals surface area contributed by atoms with Gasteiger partial charge in [-0.15, -0.1) is 0 Å². The van der Waals surface area contributed by atoms with Crippen LogP contribution in [0.5, 0.6) is 0 Å². The van der Waals surface area contributed by atoms with E-state index in [-0.39, 0.29) is 5.91 Å². The molecule has 1 aromatic heterocycles. The van der Waals surface area contributed by atoms with Crippen molar-refractivity contribution in [2.45, 2.75) is 24.8 Å². The van der Waals surface area contributed by atoms with Crippen LogP contribution in [-0.2, 0) is 5.75 Å². The molecule has 3 aromatic rings. The molecule has 0 unspecified atom stereocenters. The van der Waals surface area contributed by atoms with Gasteiger partial charge in [-0.25, -0.2) is 15.4 Å². The Kier molecular flexibility index (Phi) is 6.33. The highest BCUT2D eigenvalue weighted by atomic mass is 32.2. The maximum Gasteiger partial charge on any atom is 0.271 e. The first-order chi connectivity index (χ1) is 13.1. The number of rotatable bonds is 6. The molecule has 0 aliphatic carbocycles. The largest absolute Gasteiger partial charge is 0.271 e. The van der Waals surface area contributed by atoms with Crippen molar-refractivity contribution in [2.24, 2.45) is 5.10 Å². The second-order valence-corrected chi connectivity index (χ2v) is 6.97. The number of hydrogen-bond acceptors (Lipinski definition) is 5. The zero-order valence-electron chi connectivity index (χ0n) is 15.2. The Morgan fingerprint density at radius 1 is 1.04 bits per heavy atom. The number of carbonyl (C=O) groups is 1. The van der Waals surface area contributed by atoms with E-state index < -0.39 is 0 Å². The summed E-state index contributed by atoms with van der Waals surface area (Å²) >= 11 is 1.58. The number of hydrazone groups is 1. The van der Waals surface area contributed by atoms with Gasteiger partial charge in [-0.3, -0.25) is 4.79 Å². The third-order valence-electron chi connectivity index (χ3n) is 3.73. The van der Waals surface area contributed by atoms with E-state index >= 15 is 0 Å². The van der Waals surface area contributed by atoms with Crippen LogP contribution >= 0.6 is 11.8 Å². The first-order valence-electron chi connectivity index (χ1n) is 8.52. The lowest BCUT2D eigenvalue weighted by Gasteiger charge is -2.05. The molecular formula is C21H20N4OS. The standard InChI is InChI=1S/C21H20N4OS/c1-15-12-16(2)24-21(23-15)27-14-18-8-10-19(11-9-18)20(26)25-22-13-17-6-4-3-5-7-17/h3-13H,14H2,1-2H3,(H,25,26)/b22-13-. The van der Waals surface area contributed by atoms with E-state index in [1.165, 1.54) is 0 Å². The normalized spacial score (nSPS) is 10.9. The van der Waals surface area contributed by atoms with Gasteiger partial charge in [-0.1, -0.05) is 54.2 Å². The second-order valence-electron chi connectivity index (χ2n) is 6.03. The summed E-state index contributed by atoms with van der Waals surface area (Å²) in [6.07, 6.45) is 1.62. The zero-order valence-corrected chi connectivity index (χ0v) is 16.0. The van der Waals surface area contributed by atoms with E-state index in [1.807, 2.05) is 62.4 Å². The molecule has 2 aromatic carbocycles. The fourth-order valence-corrected chi connectivity index (χ4v) is 3.33. The highest BCUT2D eigenvalue weighted by Crippen LogP contribution is 2.20. The number of aromatic nitrogens is 2. The molecule has 5 nitrogen and oxygen atoms in total. The molecular weight excluding hydrogens is 356 g/mol. The number of nitrogens with one attached hydrogen (secondary N) is 1. The van der Waals surface area contributed by atoms with Gasteiger partial charge in [-0.2, -0.15) is 5.10 Å². The van der Waals surface area contributed by atoms with E-state index in [0.717, 1.165) is 33.4 Å². The Morgan fingerprint density at radius 2 is 1.70 bits per heavy atom. The molecule has 0 aliphatic heterocycles. The SMILES string of the molecule is Cc1cc(C)nc(SCc2ccc(C(=O)N/N=C\c3ccccc3)cc2)n1. The first-order valence-corrected chi connectivity index (χ1v) is 9.51. The fourth-order valence-electron chi connectivity index (χ4n) is 2.43. The topological polar surface area (TPSA) is 67.2 Å². The van der Waals surface area contributed by atoms with Gasteiger partial charge in [0.2, 0.25) is 0 Å². The minimum atomic E-state index is -0.237. The Hall–Kier alpha value is -2.99. The van der Waals surface area contributed by atoms with Gasteiger partial charge in [0, 0.05) is 22.7 Å². The Morgan fingerprint density at radius 3 is 2.37 bits per heavy atom. The lowest BCUT2D eigenvalue weighted by Crippen LogP contribution is -2.17. The zero-order chi connectivity index (χ0) is 19.1. The fraction of sp³-hybridized carbons (Fsp3) is 0.143. The van der Waals surface area contributed by atoms with E-state index in [1.54, 1.807) is 30.1 Å². The van der Waals surface area contributed by atoms with Crippen molar-refractivity contribution in [3.63, 3.8) is 0 Å². The third-order valence-corrected chi connectivity index (χ3v) is 4.64.